The fourth-order valence-electron chi connectivity index (χ4n) is 3.50. The summed E-state index contributed by atoms with van der Waals surface area (Å²) in [5.74, 6) is -0.181. The van der Waals surface area contributed by atoms with Crippen molar-refractivity contribution in [1.82, 2.24) is 4.98 Å². The predicted octanol–water partition coefficient (Wildman–Crippen LogP) is 3.97. The van der Waals surface area contributed by atoms with Gasteiger partial charge in [0.1, 0.15) is 5.69 Å². The Morgan fingerprint density at radius 3 is 2.21 bits per heavy atom. The molecule has 0 unspecified atom stereocenters. The van der Waals surface area contributed by atoms with Gasteiger partial charge in [0.2, 0.25) is 0 Å². The van der Waals surface area contributed by atoms with Crippen LogP contribution in [0, 0.1) is 6.92 Å². The van der Waals surface area contributed by atoms with Crippen LogP contribution in [-0.4, -0.2) is 37.1 Å². The molecule has 1 amide bonds. The van der Waals surface area contributed by atoms with E-state index in [1.54, 1.807) is 6.20 Å². The molecule has 28 heavy (non-hydrogen) atoms. The molecule has 2 heterocycles. The van der Waals surface area contributed by atoms with Crippen LogP contribution >= 0.6 is 0 Å². The van der Waals surface area contributed by atoms with Crippen LogP contribution in [0.1, 0.15) is 16.1 Å². The first kappa shape index (κ1) is 18.0. The number of anilines is 3. The van der Waals surface area contributed by atoms with Crippen molar-refractivity contribution in [3.63, 3.8) is 0 Å². The van der Waals surface area contributed by atoms with Crippen molar-refractivity contribution in [3.8, 4) is 0 Å². The molecule has 1 N–H and O–H groups in total. The van der Waals surface area contributed by atoms with Crippen LogP contribution in [0.25, 0.3) is 0 Å². The first-order chi connectivity index (χ1) is 13.7. The third-order valence-corrected chi connectivity index (χ3v) is 5.14. The summed E-state index contributed by atoms with van der Waals surface area (Å²) in [4.78, 5) is 21.6. The molecule has 1 fully saturated rings. The molecule has 0 bridgehead atoms. The van der Waals surface area contributed by atoms with Gasteiger partial charge >= 0.3 is 0 Å². The molecule has 0 saturated carbocycles. The second kappa shape index (κ2) is 8.13. The van der Waals surface area contributed by atoms with Crippen molar-refractivity contribution in [1.29, 1.82) is 0 Å². The molecule has 1 saturated heterocycles. The minimum Gasteiger partial charge on any atom is -0.368 e. The van der Waals surface area contributed by atoms with E-state index < -0.39 is 0 Å². The summed E-state index contributed by atoms with van der Waals surface area (Å²) in [7, 11) is 0. The van der Waals surface area contributed by atoms with Crippen molar-refractivity contribution in [2.45, 2.75) is 6.92 Å². The maximum absolute atomic E-state index is 12.6. The molecule has 5 nitrogen and oxygen atoms in total. The van der Waals surface area contributed by atoms with Crippen LogP contribution in [-0.2, 0) is 0 Å². The minimum absolute atomic E-state index is 0.181. The number of hydrogen-bond acceptors (Lipinski definition) is 4. The van der Waals surface area contributed by atoms with E-state index in [1.807, 2.05) is 49.4 Å². The topological polar surface area (TPSA) is 48.5 Å². The molecule has 142 valence electrons. The first-order valence-corrected chi connectivity index (χ1v) is 9.59. The summed E-state index contributed by atoms with van der Waals surface area (Å²) in [6, 6.07) is 22.1. The van der Waals surface area contributed by atoms with E-state index in [1.165, 1.54) is 5.69 Å². The van der Waals surface area contributed by atoms with E-state index in [9.17, 15) is 4.79 Å². The summed E-state index contributed by atoms with van der Waals surface area (Å²) >= 11 is 0. The number of hydrogen-bond donors (Lipinski definition) is 1. The Morgan fingerprint density at radius 1 is 0.857 bits per heavy atom. The average molecular weight is 372 g/mol. The Hall–Kier alpha value is -3.34. The van der Waals surface area contributed by atoms with E-state index in [-0.39, 0.29) is 5.91 Å². The standard InChI is InChI=1S/C23H24N4O/c1-18-7-5-6-10-21(18)25-23(28)22-17-20(11-12-24-22)27-15-13-26(14-16-27)19-8-3-2-4-9-19/h2-12,17H,13-16H2,1H3,(H,25,28). The largest absolute Gasteiger partial charge is 0.368 e. The van der Waals surface area contributed by atoms with Gasteiger partial charge in [0.15, 0.2) is 0 Å². The fraction of sp³-hybridized carbons (Fsp3) is 0.217. The Morgan fingerprint density at radius 2 is 1.50 bits per heavy atom. The molecule has 0 radical (unpaired) electrons. The number of carbonyl (C=O) groups is 1. The van der Waals surface area contributed by atoms with Crippen LogP contribution in [0.4, 0.5) is 17.1 Å². The minimum atomic E-state index is -0.181. The highest BCUT2D eigenvalue weighted by Crippen LogP contribution is 2.21. The number of aryl methyl sites for hydroxylation is 1. The number of rotatable bonds is 4. The Labute approximate surface area is 165 Å². The lowest BCUT2D eigenvalue weighted by Gasteiger charge is -2.37. The Kier molecular flexibility index (Phi) is 5.24. The monoisotopic (exact) mass is 372 g/mol. The zero-order valence-corrected chi connectivity index (χ0v) is 16.0. The van der Waals surface area contributed by atoms with Crippen molar-refractivity contribution < 1.29 is 4.79 Å². The zero-order valence-electron chi connectivity index (χ0n) is 16.0. The molecule has 2 aromatic carbocycles. The number of benzene rings is 2. The van der Waals surface area contributed by atoms with Gasteiger partial charge in [0.25, 0.3) is 5.91 Å². The van der Waals surface area contributed by atoms with E-state index >= 15 is 0 Å². The Balaban J connectivity index is 1.43. The highest BCUT2D eigenvalue weighted by molar-refractivity contribution is 6.03. The smallest absolute Gasteiger partial charge is 0.274 e. The van der Waals surface area contributed by atoms with Crippen LogP contribution in [0.2, 0.25) is 0 Å². The number of carbonyl (C=O) groups excluding carboxylic acids is 1. The first-order valence-electron chi connectivity index (χ1n) is 9.59. The SMILES string of the molecule is Cc1ccccc1NC(=O)c1cc(N2CCN(c3ccccc3)CC2)ccn1. The number of pyridine rings is 1. The summed E-state index contributed by atoms with van der Waals surface area (Å²) in [6.07, 6.45) is 1.71. The quantitative estimate of drug-likeness (QED) is 0.753. The van der Waals surface area contributed by atoms with Crippen LogP contribution in [0.5, 0.6) is 0 Å². The highest BCUT2D eigenvalue weighted by Gasteiger charge is 2.19. The summed E-state index contributed by atoms with van der Waals surface area (Å²) < 4.78 is 0. The zero-order chi connectivity index (χ0) is 19.3. The van der Waals surface area contributed by atoms with Gasteiger partial charge in [-0.3, -0.25) is 9.78 Å². The second-order valence-electron chi connectivity index (χ2n) is 6.98. The fourth-order valence-corrected chi connectivity index (χ4v) is 3.50. The third-order valence-electron chi connectivity index (χ3n) is 5.14. The predicted molar refractivity (Wildman–Crippen MR) is 114 cm³/mol. The van der Waals surface area contributed by atoms with Crippen molar-refractivity contribution in [2.24, 2.45) is 0 Å². The van der Waals surface area contributed by atoms with Gasteiger partial charge in [-0.2, -0.15) is 0 Å². The van der Waals surface area contributed by atoms with Gasteiger partial charge < -0.3 is 15.1 Å². The molecule has 1 aromatic heterocycles. The van der Waals surface area contributed by atoms with Gasteiger partial charge in [-0.15, -0.1) is 0 Å². The number of aromatic nitrogens is 1. The molecule has 3 aromatic rings. The van der Waals surface area contributed by atoms with E-state index in [0.717, 1.165) is 43.1 Å². The molecule has 0 atom stereocenters. The molecule has 1 aliphatic heterocycles. The molecule has 5 heteroatoms. The van der Waals surface area contributed by atoms with E-state index in [4.69, 9.17) is 0 Å². The molecular weight excluding hydrogens is 348 g/mol. The van der Waals surface area contributed by atoms with Crippen LogP contribution in [0.15, 0.2) is 72.9 Å². The van der Waals surface area contributed by atoms with Gasteiger partial charge in [-0.05, 0) is 42.8 Å². The lowest BCUT2D eigenvalue weighted by Crippen LogP contribution is -2.46. The van der Waals surface area contributed by atoms with Crippen molar-refractivity contribution in [3.05, 3.63) is 84.2 Å². The number of nitrogens with one attached hydrogen (secondary N) is 1. The van der Waals surface area contributed by atoms with Gasteiger partial charge in [-0.1, -0.05) is 36.4 Å². The van der Waals surface area contributed by atoms with Gasteiger partial charge in [0, 0.05) is 49.4 Å². The van der Waals surface area contributed by atoms with E-state index in [2.05, 4.69) is 44.4 Å². The molecule has 0 aliphatic carbocycles. The second-order valence-corrected chi connectivity index (χ2v) is 6.98. The van der Waals surface area contributed by atoms with Gasteiger partial charge in [-0.25, -0.2) is 0 Å². The number of piperazine rings is 1. The normalized spacial score (nSPS) is 14.0. The summed E-state index contributed by atoms with van der Waals surface area (Å²) in [5, 5.41) is 2.96. The van der Waals surface area contributed by atoms with E-state index in [0.29, 0.717) is 5.69 Å². The van der Waals surface area contributed by atoms with Crippen LogP contribution in [0.3, 0.4) is 0 Å². The van der Waals surface area contributed by atoms with Gasteiger partial charge in [0.05, 0.1) is 0 Å². The Bertz CT molecular complexity index is 950. The molecule has 4 rings (SSSR count). The maximum atomic E-state index is 12.6. The number of nitrogens with zero attached hydrogens (tertiary/aromatic N) is 3. The number of para-hydroxylation sites is 2. The highest BCUT2D eigenvalue weighted by atomic mass is 16.1. The molecule has 1 aliphatic rings. The summed E-state index contributed by atoms with van der Waals surface area (Å²) in [6.45, 7) is 5.72. The lowest BCUT2D eigenvalue weighted by molar-refractivity contribution is 0.102. The van der Waals surface area contributed by atoms with Crippen molar-refractivity contribution >= 4 is 23.0 Å². The van der Waals surface area contributed by atoms with Crippen LogP contribution < -0.4 is 15.1 Å². The average Bonchev–Trinajstić information content (AvgIpc) is 2.76. The lowest BCUT2D eigenvalue weighted by atomic mass is 10.2. The third kappa shape index (κ3) is 3.98. The maximum Gasteiger partial charge on any atom is 0.274 e. The van der Waals surface area contributed by atoms with Crippen molar-refractivity contribution in [2.75, 3.05) is 41.3 Å². The number of amides is 1. The molecular formula is C23H24N4O. The summed E-state index contributed by atoms with van der Waals surface area (Å²) in [5.41, 5.74) is 4.58. The molecule has 0 spiro atoms.